The Morgan fingerprint density at radius 1 is 1.09 bits per heavy atom. The van der Waals surface area contributed by atoms with Crippen LogP contribution in [-0.4, -0.2) is 39.8 Å². The first-order valence-corrected chi connectivity index (χ1v) is 12.4. The molecule has 0 saturated carbocycles. The van der Waals surface area contributed by atoms with Gasteiger partial charge in [-0.2, -0.15) is 4.98 Å². The van der Waals surface area contributed by atoms with E-state index in [0.29, 0.717) is 29.6 Å². The van der Waals surface area contributed by atoms with Crippen molar-refractivity contribution in [3.8, 4) is 10.6 Å². The quantitative estimate of drug-likeness (QED) is 0.284. The molecular weight excluding hydrogens is 437 g/mol. The first-order chi connectivity index (χ1) is 15.8. The summed E-state index contributed by atoms with van der Waals surface area (Å²) < 4.78 is 15.2. The largest absolute Gasteiger partial charge is 0.400 e. The average Bonchev–Trinajstić information content (AvgIpc) is 3.22. The van der Waals surface area contributed by atoms with Crippen LogP contribution >= 0.6 is 11.3 Å². The van der Waals surface area contributed by atoms with Crippen LogP contribution in [0.3, 0.4) is 0 Å². The first-order valence-electron chi connectivity index (χ1n) is 11.6. The maximum atomic E-state index is 14.2. The number of aromatic nitrogens is 3. The lowest BCUT2D eigenvalue weighted by Gasteiger charge is -2.21. The van der Waals surface area contributed by atoms with E-state index in [1.165, 1.54) is 12.8 Å². The van der Waals surface area contributed by atoms with Gasteiger partial charge < -0.3 is 15.7 Å². The van der Waals surface area contributed by atoms with Crippen LogP contribution < -0.4 is 10.6 Å². The minimum atomic E-state index is -0.670. The van der Waals surface area contributed by atoms with Gasteiger partial charge in [0.1, 0.15) is 17.5 Å². The van der Waals surface area contributed by atoms with Crippen molar-refractivity contribution in [2.75, 3.05) is 24.3 Å². The molecule has 0 amide bonds. The number of anilines is 2. The standard InChI is InChI=1S/C24H34FN5S.CH4O/c1-6-7-8-11-16(2)27-21-20(22-28-17-12-9-10-13-19(17)31-22)18(14-25)29-23(30-21)26-15-24(3,4)5;1-2/h9-10,12-13,16H,6-8,11,14-15H2,1-5H3,(H2,26,27,29,30);2H,1H3/t16-;/m1./s1. The summed E-state index contributed by atoms with van der Waals surface area (Å²) in [5, 5.41) is 14.6. The third-order valence-corrected chi connectivity index (χ3v) is 6.07. The van der Waals surface area contributed by atoms with Gasteiger partial charge in [0.15, 0.2) is 0 Å². The predicted molar refractivity (Wildman–Crippen MR) is 139 cm³/mol. The van der Waals surface area contributed by atoms with Crippen LogP contribution in [0.15, 0.2) is 24.3 Å². The lowest BCUT2D eigenvalue weighted by molar-refractivity contribution is 0.399. The molecule has 33 heavy (non-hydrogen) atoms. The van der Waals surface area contributed by atoms with E-state index < -0.39 is 6.67 Å². The van der Waals surface area contributed by atoms with Crippen LogP contribution in [0.4, 0.5) is 16.2 Å². The van der Waals surface area contributed by atoms with Crippen molar-refractivity contribution in [2.24, 2.45) is 5.41 Å². The van der Waals surface area contributed by atoms with E-state index in [-0.39, 0.29) is 11.5 Å². The summed E-state index contributed by atoms with van der Waals surface area (Å²) in [6.45, 7) is 10.8. The Morgan fingerprint density at radius 3 is 2.45 bits per heavy atom. The molecule has 1 aromatic carbocycles. The third-order valence-electron chi connectivity index (χ3n) is 5.02. The molecule has 182 valence electrons. The molecule has 2 aromatic heterocycles. The number of aliphatic hydroxyl groups excluding tert-OH is 1. The maximum absolute atomic E-state index is 14.2. The number of fused-ring (bicyclic) bond motifs is 1. The van der Waals surface area contributed by atoms with E-state index in [2.05, 4.69) is 50.2 Å². The van der Waals surface area contributed by atoms with Crippen LogP contribution in [0.2, 0.25) is 0 Å². The highest BCUT2D eigenvalue weighted by molar-refractivity contribution is 7.21. The fraction of sp³-hybridized carbons (Fsp3) is 0.560. The van der Waals surface area contributed by atoms with Crippen molar-refractivity contribution in [3.05, 3.63) is 30.0 Å². The van der Waals surface area contributed by atoms with Gasteiger partial charge in [0.05, 0.1) is 21.5 Å². The Hall–Kier alpha value is -2.32. The molecule has 0 aliphatic heterocycles. The van der Waals surface area contributed by atoms with Crippen LogP contribution in [0.5, 0.6) is 0 Å². The summed E-state index contributed by atoms with van der Waals surface area (Å²) in [7, 11) is 1.00. The van der Waals surface area contributed by atoms with Gasteiger partial charge in [-0.25, -0.2) is 14.4 Å². The van der Waals surface area contributed by atoms with Crippen molar-refractivity contribution in [1.29, 1.82) is 0 Å². The van der Waals surface area contributed by atoms with Gasteiger partial charge in [0.25, 0.3) is 0 Å². The van der Waals surface area contributed by atoms with Crippen molar-refractivity contribution < 1.29 is 9.50 Å². The Labute approximate surface area is 201 Å². The molecule has 1 atom stereocenters. The van der Waals surface area contributed by atoms with E-state index in [1.807, 2.05) is 24.3 Å². The minimum Gasteiger partial charge on any atom is -0.400 e. The number of nitrogens with zero attached hydrogens (tertiary/aromatic N) is 3. The number of aliphatic hydroxyl groups is 1. The number of benzene rings is 1. The highest BCUT2D eigenvalue weighted by Crippen LogP contribution is 2.37. The molecule has 0 aliphatic carbocycles. The lowest BCUT2D eigenvalue weighted by atomic mass is 9.97. The van der Waals surface area contributed by atoms with Crippen LogP contribution in [-0.2, 0) is 6.67 Å². The number of unbranched alkanes of at least 4 members (excludes halogenated alkanes) is 2. The SMILES string of the molecule is CCCCC[C@@H](C)Nc1nc(NCC(C)(C)C)nc(CF)c1-c1nc2ccccc2s1.CO. The Morgan fingerprint density at radius 2 is 1.82 bits per heavy atom. The summed E-state index contributed by atoms with van der Waals surface area (Å²) in [5.74, 6) is 1.11. The van der Waals surface area contributed by atoms with Crippen LogP contribution in [0, 0.1) is 5.41 Å². The Bertz CT molecular complexity index is 969. The molecule has 0 unspecified atom stereocenters. The second-order valence-corrected chi connectivity index (χ2v) is 10.3. The number of rotatable bonds is 10. The highest BCUT2D eigenvalue weighted by atomic mass is 32.1. The Balaban J connectivity index is 0.00000187. The average molecular weight is 476 g/mol. The predicted octanol–water partition coefficient (Wildman–Crippen LogP) is 6.67. The van der Waals surface area contributed by atoms with E-state index in [0.717, 1.165) is 35.2 Å². The maximum Gasteiger partial charge on any atom is 0.225 e. The summed E-state index contributed by atoms with van der Waals surface area (Å²) >= 11 is 1.55. The normalized spacial score (nSPS) is 12.2. The number of thiazole rings is 1. The topological polar surface area (TPSA) is 83.0 Å². The fourth-order valence-electron chi connectivity index (χ4n) is 3.34. The zero-order valence-electron chi connectivity index (χ0n) is 20.7. The van der Waals surface area contributed by atoms with Gasteiger partial charge in [0, 0.05) is 19.7 Å². The number of halogens is 1. The zero-order chi connectivity index (χ0) is 24.4. The fourth-order valence-corrected chi connectivity index (χ4v) is 4.38. The minimum absolute atomic E-state index is 0.0615. The smallest absolute Gasteiger partial charge is 0.225 e. The molecule has 3 rings (SSSR count). The van der Waals surface area contributed by atoms with Gasteiger partial charge in [-0.15, -0.1) is 11.3 Å². The third kappa shape index (κ3) is 7.89. The van der Waals surface area contributed by atoms with Gasteiger partial charge in [-0.1, -0.05) is 59.1 Å². The molecule has 2 heterocycles. The molecule has 0 saturated heterocycles. The molecule has 0 aliphatic rings. The van der Waals surface area contributed by atoms with Crippen molar-refractivity contribution >= 4 is 33.3 Å². The summed E-state index contributed by atoms with van der Waals surface area (Å²) in [4.78, 5) is 14.0. The number of hydrogen-bond donors (Lipinski definition) is 3. The lowest BCUT2D eigenvalue weighted by Crippen LogP contribution is -2.22. The molecule has 0 fully saturated rings. The number of nitrogens with one attached hydrogen (secondary N) is 2. The molecule has 3 aromatic rings. The number of alkyl halides is 1. The van der Waals surface area contributed by atoms with Crippen molar-refractivity contribution in [3.63, 3.8) is 0 Å². The molecular formula is C25H38FN5OS. The molecule has 6 nitrogen and oxygen atoms in total. The van der Waals surface area contributed by atoms with Crippen LogP contribution in [0.1, 0.15) is 66.0 Å². The summed E-state index contributed by atoms with van der Waals surface area (Å²) in [6.07, 6.45) is 4.57. The molecule has 0 radical (unpaired) electrons. The number of hydrogen-bond acceptors (Lipinski definition) is 7. The Kier molecular flexibility index (Phi) is 10.4. The molecule has 3 N–H and O–H groups in total. The molecule has 8 heteroatoms. The zero-order valence-corrected chi connectivity index (χ0v) is 21.5. The van der Waals surface area contributed by atoms with Gasteiger partial charge >= 0.3 is 0 Å². The van der Waals surface area contributed by atoms with Crippen molar-refractivity contribution in [2.45, 2.75) is 73.0 Å². The van der Waals surface area contributed by atoms with E-state index in [1.54, 1.807) is 11.3 Å². The highest BCUT2D eigenvalue weighted by Gasteiger charge is 2.21. The van der Waals surface area contributed by atoms with E-state index >= 15 is 0 Å². The number of para-hydroxylation sites is 1. The molecule has 0 spiro atoms. The summed E-state index contributed by atoms with van der Waals surface area (Å²) in [5.41, 5.74) is 2.01. The van der Waals surface area contributed by atoms with Gasteiger partial charge in [-0.05, 0) is 30.9 Å². The molecule has 0 bridgehead atoms. The van der Waals surface area contributed by atoms with Gasteiger partial charge in [0.2, 0.25) is 5.95 Å². The van der Waals surface area contributed by atoms with Crippen molar-refractivity contribution in [1.82, 2.24) is 15.0 Å². The van der Waals surface area contributed by atoms with Crippen LogP contribution in [0.25, 0.3) is 20.8 Å². The second kappa shape index (κ2) is 12.8. The van der Waals surface area contributed by atoms with E-state index in [4.69, 9.17) is 15.1 Å². The summed E-state index contributed by atoms with van der Waals surface area (Å²) in [6, 6.07) is 8.19. The van der Waals surface area contributed by atoms with Gasteiger partial charge in [-0.3, -0.25) is 0 Å². The second-order valence-electron chi connectivity index (χ2n) is 9.29. The first kappa shape index (κ1) is 26.9. The van der Waals surface area contributed by atoms with E-state index in [9.17, 15) is 4.39 Å². The monoisotopic (exact) mass is 475 g/mol.